The maximum atomic E-state index is 13.5. The second-order valence-electron chi connectivity index (χ2n) is 5.94. The highest BCUT2D eigenvalue weighted by molar-refractivity contribution is 6.33. The number of nitrogens with two attached hydrogens (primary N) is 1. The zero-order chi connectivity index (χ0) is 19.3. The van der Waals surface area contributed by atoms with Crippen molar-refractivity contribution in [3.63, 3.8) is 0 Å². The summed E-state index contributed by atoms with van der Waals surface area (Å²) in [4.78, 5) is 9.83. The molecule has 1 heterocycles. The lowest BCUT2D eigenvalue weighted by Crippen LogP contribution is -2.14. The van der Waals surface area contributed by atoms with Crippen molar-refractivity contribution < 1.29 is 18.7 Å². The summed E-state index contributed by atoms with van der Waals surface area (Å²) < 4.78 is 23.3. The number of hydrogen-bond acceptors (Lipinski definition) is 4. The smallest absolute Gasteiger partial charge is 0.319 e. The third-order valence-electron chi connectivity index (χ3n) is 4.34. The Morgan fingerprint density at radius 3 is 2.58 bits per heavy atom. The fourth-order valence-corrected chi connectivity index (χ4v) is 3.28. The molecule has 0 aliphatic carbocycles. The lowest BCUT2D eigenvalue weighted by atomic mass is 9.90. The van der Waals surface area contributed by atoms with Crippen molar-refractivity contribution in [2.24, 2.45) is 5.73 Å². The first-order valence-corrected chi connectivity index (χ1v) is 8.74. The lowest BCUT2D eigenvalue weighted by molar-refractivity contribution is -0.138. The third-order valence-corrected chi connectivity index (χ3v) is 4.64. The molecule has 6 heteroatoms. The van der Waals surface area contributed by atoms with Crippen LogP contribution in [0, 0.1) is 12.7 Å². The van der Waals surface area contributed by atoms with E-state index in [0.717, 1.165) is 23.1 Å². The number of carbonyl (C=O) groups is 1. The van der Waals surface area contributed by atoms with E-state index < -0.39 is 0 Å². The van der Waals surface area contributed by atoms with Gasteiger partial charge in [-0.15, -0.1) is 0 Å². The van der Waals surface area contributed by atoms with Crippen LogP contribution in [0.15, 0.2) is 24.3 Å². The van der Waals surface area contributed by atoms with Crippen LogP contribution >= 0.6 is 11.6 Å². The number of rotatable bonds is 3. The van der Waals surface area contributed by atoms with E-state index in [1.54, 1.807) is 6.07 Å². The van der Waals surface area contributed by atoms with E-state index in [1.165, 1.54) is 29.9 Å². The summed E-state index contributed by atoms with van der Waals surface area (Å²) in [5.74, 6) is -0.661. The van der Waals surface area contributed by atoms with E-state index in [-0.39, 0.29) is 18.3 Å². The summed E-state index contributed by atoms with van der Waals surface area (Å²) >= 11 is 6.31. The fraction of sp³-hybridized carbons (Fsp3) is 0.350. The maximum absolute atomic E-state index is 13.5. The van der Waals surface area contributed by atoms with Crippen LogP contribution in [0.4, 0.5) is 4.39 Å². The molecule has 0 aromatic heterocycles. The number of hydrogen-bond donors (Lipinski definition) is 1. The SMILES string of the molecule is CCc1cc(F)cc(Cl)c1-c1ccc(C)c2c1COC2.COC(=O)CN. The van der Waals surface area contributed by atoms with E-state index in [9.17, 15) is 9.18 Å². The average molecular weight is 380 g/mol. The highest BCUT2D eigenvalue weighted by Gasteiger charge is 2.21. The van der Waals surface area contributed by atoms with Gasteiger partial charge in [0.15, 0.2) is 0 Å². The van der Waals surface area contributed by atoms with Crippen LogP contribution in [0.3, 0.4) is 0 Å². The molecular formula is C20H23ClFNO3. The van der Waals surface area contributed by atoms with Crippen molar-refractivity contribution >= 4 is 17.6 Å². The number of carbonyl (C=O) groups excluding carboxylic acids is 1. The molecule has 0 spiro atoms. The Hall–Kier alpha value is -1.95. The molecule has 0 atom stereocenters. The molecule has 0 amide bonds. The molecule has 2 aromatic rings. The standard InChI is InChI=1S/C17H16ClFO.C3H7NO2/c1-3-11-6-12(19)7-16(18)17(11)13-5-4-10(2)14-8-20-9-15(13)14;1-6-3(5)2-4/h4-7H,3,8-9H2,1-2H3;2,4H2,1H3. The number of benzene rings is 2. The summed E-state index contributed by atoms with van der Waals surface area (Å²) in [5, 5.41) is 0.472. The number of halogens is 2. The van der Waals surface area contributed by atoms with Crippen LogP contribution in [-0.4, -0.2) is 19.6 Å². The third kappa shape index (κ3) is 4.41. The summed E-state index contributed by atoms with van der Waals surface area (Å²) in [6.07, 6.45) is 0.746. The van der Waals surface area contributed by atoms with Gasteiger partial charge in [0.05, 0.1) is 31.9 Å². The zero-order valence-electron chi connectivity index (χ0n) is 15.2. The van der Waals surface area contributed by atoms with Gasteiger partial charge in [0.25, 0.3) is 0 Å². The van der Waals surface area contributed by atoms with Crippen LogP contribution in [0.5, 0.6) is 0 Å². The molecule has 1 aliphatic rings. The molecular weight excluding hydrogens is 357 g/mol. The number of aryl methyl sites for hydroxylation is 2. The minimum Gasteiger partial charge on any atom is -0.468 e. The predicted molar refractivity (Wildman–Crippen MR) is 101 cm³/mol. The summed E-state index contributed by atoms with van der Waals surface area (Å²) in [6.45, 7) is 5.32. The Morgan fingerprint density at radius 1 is 1.31 bits per heavy atom. The molecule has 0 bridgehead atoms. The van der Waals surface area contributed by atoms with Crippen molar-refractivity contribution in [2.75, 3.05) is 13.7 Å². The van der Waals surface area contributed by atoms with Crippen molar-refractivity contribution in [1.82, 2.24) is 0 Å². The van der Waals surface area contributed by atoms with Gasteiger partial charge in [-0.2, -0.15) is 0 Å². The summed E-state index contributed by atoms with van der Waals surface area (Å²) in [5.41, 5.74) is 11.4. The van der Waals surface area contributed by atoms with Crippen LogP contribution in [-0.2, 0) is 33.9 Å². The normalized spacial score (nSPS) is 12.2. The Morgan fingerprint density at radius 2 is 2.00 bits per heavy atom. The van der Waals surface area contributed by atoms with Gasteiger partial charge in [0.1, 0.15) is 5.82 Å². The second-order valence-corrected chi connectivity index (χ2v) is 6.34. The molecule has 0 radical (unpaired) electrons. The van der Waals surface area contributed by atoms with Gasteiger partial charge >= 0.3 is 5.97 Å². The average Bonchev–Trinajstić information content (AvgIpc) is 3.13. The maximum Gasteiger partial charge on any atom is 0.319 e. The van der Waals surface area contributed by atoms with E-state index >= 15 is 0 Å². The number of methoxy groups -OCH3 is 1. The van der Waals surface area contributed by atoms with E-state index in [2.05, 4.69) is 23.8 Å². The van der Waals surface area contributed by atoms with E-state index in [4.69, 9.17) is 22.1 Å². The molecule has 0 saturated carbocycles. The first-order valence-electron chi connectivity index (χ1n) is 8.37. The van der Waals surface area contributed by atoms with Gasteiger partial charge in [-0.05, 0) is 53.3 Å². The van der Waals surface area contributed by atoms with Gasteiger partial charge in [0.2, 0.25) is 0 Å². The summed E-state index contributed by atoms with van der Waals surface area (Å²) in [7, 11) is 1.30. The quantitative estimate of drug-likeness (QED) is 0.813. The molecule has 140 valence electrons. The Bertz CT molecular complexity index is 802. The van der Waals surface area contributed by atoms with Gasteiger partial charge in [-0.1, -0.05) is 30.7 Å². The molecule has 2 N–H and O–H groups in total. The first kappa shape index (κ1) is 20.4. The van der Waals surface area contributed by atoms with Crippen LogP contribution in [0.2, 0.25) is 5.02 Å². The number of esters is 1. The molecule has 4 nitrogen and oxygen atoms in total. The number of ether oxygens (including phenoxy) is 2. The fourth-order valence-electron chi connectivity index (χ4n) is 2.96. The highest BCUT2D eigenvalue weighted by Crippen LogP contribution is 2.39. The molecule has 0 saturated heterocycles. The van der Waals surface area contributed by atoms with Gasteiger partial charge in [-0.25, -0.2) is 4.39 Å². The van der Waals surface area contributed by atoms with Gasteiger partial charge < -0.3 is 15.2 Å². The first-order chi connectivity index (χ1) is 12.4. The molecule has 26 heavy (non-hydrogen) atoms. The molecule has 0 unspecified atom stereocenters. The van der Waals surface area contributed by atoms with Crippen molar-refractivity contribution in [3.05, 3.63) is 57.4 Å². The molecule has 0 fully saturated rings. The highest BCUT2D eigenvalue weighted by atomic mass is 35.5. The monoisotopic (exact) mass is 379 g/mol. The minimum atomic E-state index is -0.380. The minimum absolute atomic E-state index is 0.0312. The molecule has 1 aliphatic heterocycles. The van der Waals surface area contributed by atoms with Crippen LogP contribution < -0.4 is 5.73 Å². The second kappa shape index (κ2) is 9.12. The van der Waals surface area contributed by atoms with Crippen molar-refractivity contribution in [2.45, 2.75) is 33.5 Å². The van der Waals surface area contributed by atoms with Gasteiger partial charge in [0, 0.05) is 5.56 Å². The Balaban J connectivity index is 0.000000352. The zero-order valence-corrected chi connectivity index (χ0v) is 16.0. The molecule has 2 aromatic carbocycles. The predicted octanol–water partition coefficient (Wildman–Crippen LogP) is 4.17. The van der Waals surface area contributed by atoms with Crippen LogP contribution in [0.25, 0.3) is 11.1 Å². The van der Waals surface area contributed by atoms with E-state index in [0.29, 0.717) is 18.2 Å². The van der Waals surface area contributed by atoms with Crippen molar-refractivity contribution in [1.29, 1.82) is 0 Å². The Kier molecular flexibility index (Phi) is 7.14. The topological polar surface area (TPSA) is 61.5 Å². The lowest BCUT2D eigenvalue weighted by Gasteiger charge is -2.15. The molecule has 3 rings (SSSR count). The summed E-state index contributed by atoms with van der Waals surface area (Å²) in [6, 6.07) is 7.12. The van der Waals surface area contributed by atoms with Crippen LogP contribution in [0.1, 0.15) is 29.2 Å². The van der Waals surface area contributed by atoms with Gasteiger partial charge in [-0.3, -0.25) is 4.79 Å². The van der Waals surface area contributed by atoms with Crippen molar-refractivity contribution in [3.8, 4) is 11.1 Å². The van der Waals surface area contributed by atoms with E-state index in [1.807, 2.05) is 6.92 Å². The Labute approximate surface area is 158 Å². The largest absolute Gasteiger partial charge is 0.468 e. The number of fused-ring (bicyclic) bond motifs is 1.